The first-order valence-corrected chi connectivity index (χ1v) is 10.7. The molecule has 0 saturated heterocycles. The van der Waals surface area contributed by atoms with Crippen LogP contribution in [0, 0.1) is 38.9 Å². The van der Waals surface area contributed by atoms with Gasteiger partial charge in [-0.3, -0.25) is 4.57 Å². The van der Waals surface area contributed by atoms with Crippen LogP contribution in [0.3, 0.4) is 0 Å². The molecular formula is C4H13CeO4P2. The molecule has 0 amide bonds. The van der Waals surface area contributed by atoms with E-state index in [0.29, 0.717) is 51.6 Å². The van der Waals surface area contributed by atoms with Crippen molar-refractivity contribution in [2.45, 2.75) is 13.8 Å². The summed E-state index contributed by atoms with van der Waals surface area (Å²) < 4.78 is 22.4. The van der Waals surface area contributed by atoms with Crippen LogP contribution in [-0.2, 0) is 13.7 Å². The Kier molecular flexibility index (Phi) is 16.3. The third-order valence-electron chi connectivity index (χ3n) is 0.594. The van der Waals surface area contributed by atoms with Crippen molar-refractivity contribution >= 4 is 10.8 Å². The van der Waals surface area contributed by atoms with Crippen molar-refractivity contribution in [3.05, 3.63) is 0 Å². The van der Waals surface area contributed by atoms with Crippen LogP contribution in [0.1, 0.15) is 13.8 Å². The monoisotopic (exact) mass is 327 g/mol. The van der Waals surface area contributed by atoms with E-state index in [2.05, 4.69) is 0 Å². The normalized spacial score (nSPS) is 14.4. The molecule has 0 bridgehead atoms. The second-order valence-corrected chi connectivity index (χ2v) is 7.84. The Morgan fingerprint density at radius 3 is 1.91 bits per heavy atom. The van der Waals surface area contributed by atoms with E-state index in [4.69, 9.17) is 9.42 Å². The topological polar surface area (TPSA) is 63.6 Å². The summed E-state index contributed by atoms with van der Waals surface area (Å²) in [5, 5.41) is 0. The predicted octanol–water partition coefficient (Wildman–Crippen LogP) is 1.44. The summed E-state index contributed by atoms with van der Waals surface area (Å²) >= 11 is 0.451. The molecule has 2 atom stereocenters. The molecule has 11 heavy (non-hydrogen) atoms. The molecule has 0 aliphatic rings. The molecule has 0 heterocycles. The zero-order valence-electron chi connectivity index (χ0n) is 6.59. The average Bonchev–Trinajstić information content (AvgIpc) is 1.87. The maximum absolute atomic E-state index is 10.4. The van der Waals surface area contributed by atoms with Crippen LogP contribution in [0.15, 0.2) is 0 Å². The Balaban J connectivity index is 0. The summed E-state index contributed by atoms with van der Waals surface area (Å²) in [5.41, 5.74) is 0. The molecule has 4 nitrogen and oxygen atoms in total. The quantitative estimate of drug-likeness (QED) is 0.797. The Morgan fingerprint density at radius 2 is 1.82 bits per heavy atom. The van der Waals surface area contributed by atoms with Crippen LogP contribution < -0.4 is 0 Å². The predicted molar refractivity (Wildman–Crippen MR) is 42.4 cm³/mol. The third-order valence-corrected chi connectivity index (χ3v) is 1.78. The number of hydrogen-bond donors (Lipinski definition) is 1. The molecule has 2 unspecified atom stereocenters. The van der Waals surface area contributed by atoms with Crippen LogP contribution in [0.2, 0.25) is 0 Å². The maximum atomic E-state index is 10.4. The van der Waals surface area contributed by atoms with Gasteiger partial charge in [-0.2, -0.15) is 0 Å². The molecule has 0 rings (SSSR count). The summed E-state index contributed by atoms with van der Waals surface area (Å²) in [4.78, 5) is 7.66. The zero-order valence-corrected chi connectivity index (χ0v) is 11.7. The summed E-state index contributed by atoms with van der Waals surface area (Å²) in [6.07, 6.45) is 0.665. The van der Waals surface area contributed by atoms with E-state index >= 15 is 0 Å². The van der Waals surface area contributed by atoms with E-state index in [1.807, 2.05) is 13.8 Å². The number of hydrogen-bond acceptors (Lipinski definition) is 3. The molecule has 1 N–H and O–H groups in total. The zero-order chi connectivity index (χ0) is 9.28. The van der Waals surface area contributed by atoms with Crippen molar-refractivity contribution in [3.8, 4) is 0 Å². The average molecular weight is 327 g/mol. The van der Waals surface area contributed by atoms with Gasteiger partial charge in [0.05, 0.1) is 6.61 Å². The third kappa shape index (κ3) is 24.5. The fourth-order valence-corrected chi connectivity index (χ4v) is 0.789. The second kappa shape index (κ2) is 11.8. The van der Waals surface area contributed by atoms with Crippen LogP contribution in [-0.4, -0.2) is 17.7 Å². The van der Waals surface area contributed by atoms with Gasteiger partial charge in [0.15, 0.2) is 8.03 Å². The van der Waals surface area contributed by atoms with E-state index in [9.17, 15) is 9.13 Å². The van der Waals surface area contributed by atoms with E-state index in [-0.39, 0.29) is 0 Å². The fourth-order valence-electron chi connectivity index (χ4n) is 0.263. The van der Waals surface area contributed by atoms with Crippen molar-refractivity contribution in [1.82, 2.24) is 0 Å². The van der Waals surface area contributed by atoms with E-state index in [1.54, 1.807) is 0 Å². The van der Waals surface area contributed by atoms with Crippen LogP contribution in [0.25, 0.3) is 0 Å². The molecule has 0 radical (unpaired) electrons. The summed E-state index contributed by atoms with van der Waals surface area (Å²) in [7, 11) is -1.63. The van der Waals surface area contributed by atoms with Gasteiger partial charge >= 0.3 is 51.1 Å². The Hall–Kier alpha value is 1.76. The fraction of sp³-hybridized carbons (Fsp3) is 1.00. The van der Waals surface area contributed by atoms with Crippen molar-refractivity contribution in [2.24, 2.45) is 0 Å². The Bertz CT molecular complexity index is 125. The van der Waals surface area contributed by atoms with Gasteiger partial charge in [0.1, 0.15) is 0 Å². The summed E-state index contributed by atoms with van der Waals surface area (Å²) in [6, 6.07) is 0. The van der Waals surface area contributed by atoms with Crippen LogP contribution in [0.5, 0.6) is 0 Å². The molecule has 0 aromatic heterocycles. The first kappa shape index (κ1) is 15.2. The Morgan fingerprint density at radius 1 is 1.45 bits per heavy atom. The van der Waals surface area contributed by atoms with Gasteiger partial charge < -0.3 is 4.52 Å². The molecular weight excluding hydrogens is 314 g/mol. The van der Waals surface area contributed by atoms with Crippen LogP contribution >= 0.6 is 10.8 Å². The minimum absolute atomic E-state index is 0.451. The SMILES string of the molecule is CCO[PH](=O)CC.O=[PH](O)[Ce]. The standard InChI is InChI=1S/C4H11O2P.Ce.HO2P/c1-3-6-7(5)4-2;;1-3-2/h7H,3-4H2,1-2H3;;3H/q;-1;/p+1. The molecule has 0 aliphatic heterocycles. The minimum atomic E-state index is -1.99. The number of rotatable bonds is 3. The van der Waals surface area contributed by atoms with E-state index in [0.717, 1.165) is 0 Å². The molecule has 0 spiro atoms. The first-order valence-electron chi connectivity index (χ1n) is 3.14. The van der Waals surface area contributed by atoms with Crippen LogP contribution in [0.4, 0.5) is 0 Å². The molecule has 0 aromatic rings. The van der Waals surface area contributed by atoms with Gasteiger partial charge in [0.25, 0.3) is 0 Å². The molecule has 0 aliphatic carbocycles. The molecule has 0 saturated carbocycles. The van der Waals surface area contributed by atoms with Gasteiger partial charge in [-0.15, -0.1) is 0 Å². The first-order chi connectivity index (χ1) is 5.04. The van der Waals surface area contributed by atoms with Gasteiger partial charge in [-0.05, 0) is 6.92 Å². The van der Waals surface area contributed by atoms with Crippen molar-refractivity contribution < 1.29 is 57.4 Å². The molecule has 67 valence electrons. The van der Waals surface area contributed by atoms with Gasteiger partial charge in [0.2, 0.25) is 0 Å². The Labute approximate surface area is 93.8 Å². The van der Waals surface area contributed by atoms with Crippen molar-refractivity contribution in [2.75, 3.05) is 12.8 Å². The summed E-state index contributed by atoms with van der Waals surface area (Å²) in [6.45, 7) is 4.28. The summed E-state index contributed by atoms with van der Waals surface area (Å²) in [5.74, 6) is 0. The van der Waals surface area contributed by atoms with Gasteiger partial charge in [-0.1, -0.05) is 6.92 Å². The van der Waals surface area contributed by atoms with Crippen molar-refractivity contribution in [1.29, 1.82) is 0 Å². The van der Waals surface area contributed by atoms with Gasteiger partial charge in [0, 0.05) is 6.16 Å². The second-order valence-electron chi connectivity index (χ2n) is 1.46. The van der Waals surface area contributed by atoms with Gasteiger partial charge in [-0.25, -0.2) is 0 Å². The van der Waals surface area contributed by atoms with E-state index in [1.165, 1.54) is 0 Å². The van der Waals surface area contributed by atoms with E-state index < -0.39 is 10.8 Å². The molecule has 0 aromatic carbocycles. The molecule has 0 fully saturated rings. The molecule has 7 heteroatoms. The van der Waals surface area contributed by atoms with Crippen molar-refractivity contribution in [3.63, 3.8) is 0 Å².